The van der Waals surface area contributed by atoms with E-state index in [1.165, 1.54) is 0 Å². The first kappa shape index (κ1) is 12.4. The first-order valence-corrected chi connectivity index (χ1v) is 6.14. The second-order valence-electron chi connectivity index (χ2n) is 3.74. The number of rotatable bonds is 5. The molecular formula is C14H17N3O. The normalized spacial score (nSPS) is 10.1. The molecule has 0 unspecified atom stereocenters. The van der Waals surface area contributed by atoms with E-state index in [1.807, 2.05) is 50.2 Å². The van der Waals surface area contributed by atoms with Crippen LogP contribution in [0.2, 0.25) is 0 Å². The summed E-state index contributed by atoms with van der Waals surface area (Å²) in [4.78, 5) is 8.88. The van der Waals surface area contributed by atoms with Gasteiger partial charge in [-0.15, -0.1) is 0 Å². The van der Waals surface area contributed by atoms with Crippen molar-refractivity contribution in [1.82, 2.24) is 9.97 Å². The Morgan fingerprint density at radius 2 is 1.89 bits per heavy atom. The van der Waals surface area contributed by atoms with E-state index in [4.69, 9.17) is 4.74 Å². The van der Waals surface area contributed by atoms with Crippen LogP contribution in [0.15, 0.2) is 36.4 Å². The SMILES string of the molecule is CCNc1cc(OCC)nc(-c2ccccc2)n1. The summed E-state index contributed by atoms with van der Waals surface area (Å²) >= 11 is 0. The fourth-order valence-corrected chi connectivity index (χ4v) is 1.63. The number of hydrogen-bond acceptors (Lipinski definition) is 4. The van der Waals surface area contributed by atoms with Crippen molar-refractivity contribution in [3.05, 3.63) is 36.4 Å². The van der Waals surface area contributed by atoms with Gasteiger partial charge in [0.2, 0.25) is 5.88 Å². The third-order valence-corrected chi connectivity index (χ3v) is 2.38. The highest BCUT2D eigenvalue weighted by molar-refractivity contribution is 5.58. The van der Waals surface area contributed by atoms with Gasteiger partial charge in [-0.05, 0) is 13.8 Å². The maximum Gasteiger partial charge on any atom is 0.219 e. The lowest BCUT2D eigenvalue weighted by atomic mass is 10.2. The van der Waals surface area contributed by atoms with Crippen molar-refractivity contribution in [2.75, 3.05) is 18.5 Å². The monoisotopic (exact) mass is 243 g/mol. The average Bonchev–Trinajstić information content (AvgIpc) is 2.40. The number of anilines is 1. The van der Waals surface area contributed by atoms with Crippen molar-refractivity contribution in [3.8, 4) is 17.3 Å². The topological polar surface area (TPSA) is 47.0 Å². The van der Waals surface area contributed by atoms with E-state index < -0.39 is 0 Å². The molecule has 1 N–H and O–H groups in total. The molecule has 18 heavy (non-hydrogen) atoms. The first-order valence-electron chi connectivity index (χ1n) is 6.14. The zero-order valence-electron chi connectivity index (χ0n) is 10.7. The molecule has 0 saturated carbocycles. The number of benzene rings is 1. The standard InChI is InChI=1S/C14H17N3O/c1-3-15-12-10-13(18-4-2)17-14(16-12)11-8-6-5-7-9-11/h5-10H,3-4H2,1-2H3,(H,15,16,17). The lowest BCUT2D eigenvalue weighted by Gasteiger charge is -2.09. The first-order chi connectivity index (χ1) is 8.83. The number of nitrogens with zero attached hydrogens (tertiary/aromatic N) is 2. The summed E-state index contributed by atoms with van der Waals surface area (Å²) in [6, 6.07) is 11.7. The number of nitrogens with one attached hydrogen (secondary N) is 1. The lowest BCUT2D eigenvalue weighted by molar-refractivity contribution is 0.327. The largest absolute Gasteiger partial charge is 0.478 e. The molecule has 0 radical (unpaired) electrons. The zero-order valence-corrected chi connectivity index (χ0v) is 10.7. The van der Waals surface area contributed by atoms with E-state index >= 15 is 0 Å². The molecule has 0 aliphatic rings. The second kappa shape index (κ2) is 6.00. The molecule has 0 atom stereocenters. The molecule has 4 nitrogen and oxygen atoms in total. The maximum atomic E-state index is 5.46. The maximum absolute atomic E-state index is 5.46. The van der Waals surface area contributed by atoms with Crippen molar-refractivity contribution < 1.29 is 4.74 Å². The van der Waals surface area contributed by atoms with Crippen LogP contribution in [0.4, 0.5) is 5.82 Å². The highest BCUT2D eigenvalue weighted by atomic mass is 16.5. The van der Waals surface area contributed by atoms with E-state index in [2.05, 4.69) is 15.3 Å². The highest BCUT2D eigenvalue weighted by Gasteiger charge is 2.06. The molecule has 0 saturated heterocycles. The van der Waals surface area contributed by atoms with E-state index in [1.54, 1.807) is 0 Å². The zero-order chi connectivity index (χ0) is 12.8. The Morgan fingerprint density at radius 1 is 1.11 bits per heavy atom. The molecule has 0 aliphatic heterocycles. The molecule has 1 heterocycles. The minimum absolute atomic E-state index is 0.594. The summed E-state index contributed by atoms with van der Waals surface area (Å²) in [5.41, 5.74) is 0.984. The smallest absolute Gasteiger partial charge is 0.219 e. The van der Waals surface area contributed by atoms with E-state index in [-0.39, 0.29) is 0 Å². The van der Waals surface area contributed by atoms with Crippen LogP contribution in [0.3, 0.4) is 0 Å². The minimum atomic E-state index is 0.594. The van der Waals surface area contributed by atoms with Gasteiger partial charge in [-0.2, -0.15) is 4.98 Å². The second-order valence-corrected chi connectivity index (χ2v) is 3.74. The van der Waals surface area contributed by atoms with E-state index in [0.29, 0.717) is 18.3 Å². The molecule has 0 spiro atoms. The van der Waals surface area contributed by atoms with Crippen LogP contribution in [-0.4, -0.2) is 23.1 Å². The molecule has 1 aromatic heterocycles. The van der Waals surface area contributed by atoms with Gasteiger partial charge in [0.15, 0.2) is 5.82 Å². The molecule has 2 rings (SSSR count). The summed E-state index contributed by atoms with van der Waals surface area (Å²) in [6.07, 6.45) is 0. The molecule has 0 amide bonds. The molecule has 0 bridgehead atoms. The molecule has 0 fully saturated rings. The van der Waals surface area contributed by atoms with Crippen molar-refractivity contribution >= 4 is 5.82 Å². The van der Waals surface area contributed by atoms with Crippen LogP contribution < -0.4 is 10.1 Å². The van der Waals surface area contributed by atoms with Crippen LogP contribution >= 0.6 is 0 Å². The summed E-state index contributed by atoms with van der Waals surface area (Å²) in [6.45, 7) is 5.38. The number of hydrogen-bond donors (Lipinski definition) is 1. The fourth-order valence-electron chi connectivity index (χ4n) is 1.63. The third-order valence-electron chi connectivity index (χ3n) is 2.38. The predicted molar refractivity (Wildman–Crippen MR) is 72.8 cm³/mol. The van der Waals surface area contributed by atoms with Gasteiger partial charge in [-0.25, -0.2) is 4.98 Å². The molecule has 1 aromatic carbocycles. The lowest BCUT2D eigenvalue weighted by Crippen LogP contribution is -2.04. The van der Waals surface area contributed by atoms with Gasteiger partial charge in [0, 0.05) is 18.2 Å². The van der Waals surface area contributed by atoms with E-state index in [9.17, 15) is 0 Å². The summed E-state index contributed by atoms with van der Waals surface area (Å²) < 4.78 is 5.46. The summed E-state index contributed by atoms with van der Waals surface area (Å²) in [5.74, 6) is 2.06. The average molecular weight is 243 g/mol. The van der Waals surface area contributed by atoms with Gasteiger partial charge in [0.1, 0.15) is 5.82 Å². The van der Waals surface area contributed by atoms with Crippen LogP contribution in [0.1, 0.15) is 13.8 Å². The Morgan fingerprint density at radius 3 is 2.56 bits per heavy atom. The van der Waals surface area contributed by atoms with Crippen molar-refractivity contribution in [1.29, 1.82) is 0 Å². The quantitative estimate of drug-likeness (QED) is 0.877. The number of aromatic nitrogens is 2. The van der Waals surface area contributed by atoms with Crippen LogP contribution in [0.25, 0.3) is 11.4 Å². The van der Waals surface area contributed by atoms with Gasteiger partial charge < -0.3 is 10.1 Å². The third kappa shape index (κ3) is 2.97. The van der Waals surface area contributed by atoms with Crippen molar-refractivity contribution in [3.63, 3.8) is 0 Å². The molecule has 4 heteroatoms. The summed E-state index contributed by atoms with van der Waals surface area (Å²) in [7, 11) is 0. The summed E-state index contributed by atoms with van der Waals surface area (Å²) in [5, 5.41) is 3.19. The van der Waals surface area contributed by atoms with Gasteiger partial charge in [0.25, 0.3) is 0 Å². The van der Waals surface area contributed by atoms with E-state index in [0.717, 1.165) is 17.9 Å². The fraction of sp³-hybridized carbons (Fsp3) is 0.286. The molecule has 94 valence electrons. The van der Waals surface area contributed by atoms with Gasteiger partial charge in [-0.3, -0.25) is 0 Å². The van der Waals surface area contributed by atoms with Crippen LogP contribution in [-0.2, 0) is 0 Å². The van der Waals surface area contributed by atoms with Crippen LogP contribution in [0.5, 0.6) is 5.88 Å². The Kier molecular flexibility index (Phi) is 4.12. The predicted octanol–water partition coefficient (Wildman–Crippen LogP) is 2.97. The van der Waals surface area contributed by atoms with Crippen molar-refractivity contribution in [2.24, 2.45) is 0 Å². The van der Waals surface area contributed by atoms with Gasteiger partial charge in [0.05, 0.1) is 6.61 Å². The highest BCUT2D eigenvalue weighted by Crippen LogP contribution is 2.21. The Balaban J connectivity index is 2.39. The van der Waals surface area contributed by atoms with Crippen molar-refractivity contribution in [2.45, 2.75) is 13.8 Å². The molecule has 2 aromatic rings. The Labute approximate surface area is 107 Å². The minimum Gasteiger partial charge on any atom is -0.478 e. The number of ether oxygens (including phenoxy) is 1. The molecule has 0 aliphatic carbocycles. The van der Waals surface area contributed by atoms with Crippen LogP contribution in [0, 0.1) is 0 Å². The van der Waals surface area contributed by atoms with Gasteiger partial charge >= 0.3 is 0 Å². The van der Waals surface area contributed by atoms with Gasteiger partial charge in [-0.1, -0.05) is 30.3 Å². The Hall–Kier alpha value is -2.10. The Bertz CT molecular complexity index is 475. The molecular weight excluding hydrogens is 226 g/mol.